The molecule has 0 aromatic heterocycles. The van der Waals surface area contributed by atoms with Crippen LogP contribution in [0.15, 0.2) is 43.0 Å². The summed E-state index contributed by atoms with van der Waals surface area (Å²) in [6.45, 7) is 6.69. The molecule has 0 fully saturated rings. The molecule has 1 aromatic carbocycles. The van der Waals surface area contributed by atoms with Crippen molar-refractivity contribution in [3.05, 3.63) is 48.6 Å². The van der Waals surface area contributed by atoms with Crippen LogP contribution in [-0.2, 0) is 4.79 Å². The highest BCUT2D eigenvalue weighted by Crippen LogP contribution is 2.30. The van der Waals surface area contributed by atoms with Crippen molar-refractivity contribution in [1.29, 1.82) is 0 Å². The zero-order chi connectivity index (χ0) is 12.7. The minimum Gasteiger partial charge on any atom is -0.337 e. The zero-order valence-corrected chi connectivity index (χ0v) is 12.2. The molecule has 2 nitrogen and oxygen atoms in total. The van der Waals surface area contributed by atoms with Crippen molar-refractivity contribution in [3.8, 4) is 0 Å². The van der Waals surface area contributed by atoms with Crippen LogP contribution < -0.4 is 0 Å². The number of benzene rings is 1. The van der Waals surface area contributed by atoms with E-state index in [4.69, 9.17) is 0 Å². The van der Waals surface area contributed by atoms with Crippen molar-refractivity contribution in [1.82, 2.24) is 4.90 Å². The summed E-state index contributed by atoms with van der Waals surface area (Å²) in [4.78, 5) is 12.9. The Balaban J connectivity index is 2.86. The van der Waals surface area contributed by atoms with Gasteiger partial charge >= 0.3 is 0 Å². The summed E-state index contributed by atoms with van der Waals surface area (Å²) < 4.78 is 0.239. The van der Waals surface area contributed by atoms with Gasteiger partial charge in [0, 0.05) is 6.54 Å². The van der Waals surface area contributed by atoms with Crippen LogP contribution in [0.25, 0.3) is 0 Å². The number of carbonyl (C=O) groups excluding carboxylic acids is 1. The topological polar surface area (TPSA) is 20.3 Å². The first-order chi connectivity index (χ1) is 8.24. The number of hydrogen-bond acceptors (Lipinski definition) is 1. The lowest BCUT2D eigenvalue weighted by Gasteiger charge is -2.29. The molecule has 17 heavy (non-hydrogen) atoms. The van der Waals surface area contributed by atoms with Crippen molar-refractivity contribution in [2.75, 3.05) is 6.54 Å². The van der Waals surface area contributed by atoms with Crippen molar-refractivity contribution < 1.29 is 4.79 Å². The van der Waals surface area contributed by atoms with E-state index in [1.807, 2.05) is 29.2 Å². The van der Waals surface area contributed by atoms with Gasteiger partial charge in [-0.05, 0) is 12.0 Å². The summed E-state index contributed by atoms with van der Waals surface area (Å²) in [5.74, 6) is 0. The van der Waals surface area contributed by atoms with Gasteiger partial charge in [0.15, 0.2) is 0 Å². The van der Waals surface area contributed by atoms with Crippen LogP contribution in [-0.4, -0.2) is 23.9 Å². The summed E-state index contributed by atoms with van der Waals surface area (Å²) >= 11 is 2.38. The molecule has 0 radical (unpaired) electrons. The normalized spacial score (nSPS) is 13.8. The molecule has 0 spiro atoms. The largest absolute Gasteiger partial charge is 0.337 e. The van der Waals surface area contributed by atoms with Crippen LogP contribution in [0.3, 0.4) is 0 Å². The maximum absolute atomic E-state index is 11.1. The molecule has 92 valence electrons. The van der Waals surface area contributed by atoms with Crippen molar-refractivity contribution >= 4 is 29.0 Å². The van der Waals surface area contributed by atoms with Gasteiger partial charge in [-0.3, -0.25) is 4.79 Å². The number of alkyl halides is 1. The van der Waals surface area contributed by atoms with Gasteiger partial charge in [-0.15, -0.1) is 6.58 Å². The van der Waals surface area contributed by atoms with E-state index in [0.717, 1.165) is 19.4 Å². The number of rotatable bonds is 7. The zero-order valence-electron chi connectivity index (χ0n) is 10.1. The van der Waals surface area contributed by atoms with E-state index in [-0.39, 0.29) is 9.97 Å². The predicted molar refractivity (Wildman–Crippen MR) is 80.2 cm³/mol. The molecule has 0 bridgehead atoms. The number of halogens is 1. The van der Waals surface area contributed by atoms with E-state index in [2.05, 4.69) is 48.2 Å². The van der Waals surface area contributed by atoms with Crippen LogP contribution in [0.1, 0.15) is 22.8 Å². The SMILES string of the molecule is C=CC(C(I)c1ccccc1)N(C=O)CCC. The molecule has 0 saturated carbocycles. The molecule has 0 saturated heterocycles. The first kappa shape index (κ1) is 14.2. The van der Waals surface area contributed by atoms with E-state index in [1.54, 1.807) is 0 Å². The molecular formula is C14H18INO. The van der Waals surface area contributed by atoms with Gasteiger partial charge in [-0.25, -0.2) is 0 Å². The van der Waals surface area contributed by atoms with E-state index < -0.39 is 0 Å². The predicted octanol–water partition coefficient (Wildman–Crippen LogP) is 3.59. The van der Waals surface area contributed by atoms with E-state index in [0.29, 0.717) is 0 Å². The van der Waals surface area contributed by atoms with Crippen LogP contribution in [0.5, 0.6) is 0 Å². The summed E-state index contributed by atoms with van der Waals surface area (Å²) in [7, 11) is 0. The third kappa shape index (κ3) is 3.84. The average molecular weight is 343 g/mol. The number of hydrogen-bond donors (Lipinski definition) is 0. The molecule has 2 atom stereocenters. The van der Waals surface area contributed by atoms with Crippen LogP contribution in [0.2, 0.25) is 0 Å². The maximum Gasteiger partial charge on any atom is 0.210 e. The smallest absolute Gasteiger partial charge is 0.210 e. The molecule has 0 aliphatic heterocycles. The second-order valence-electron chi connectivity index (χ2n) is 3.88. The van der Waals surface area contributed by atoms with Gasteiger partial charge in [-0.2, -0.15) is 0 Å². The quantitative estimate of drug-likeness (QED) is 0.321. The molecule has 3 heteroatoms. The number of nitrogens with zero attached hydrogens (tertiary/aromatic N) is 1. The minimum atomic E-state index is 0.0513. The first-order valence-electron chi connectivity index (χ1n) is 5.77. The van der Waals surface area contributed by atoms with Crippen LogP contribution in [0.4, 0.5) is 0 Å². The Morgan fingerprint density at radius 1 is 1.41 bits per heavy atom. The fourth-order valence-electron chi connectivity index (χ4n) is 1.79. The average Bonchev–Trinajstić information content (AvgIpc) is 2.39. The molecule has 0 heterocycles. The highest BCUT2D eigenvalue weighted by atomic mass is 127. The third-order valence-electron chi connectivity index (χ3n) is 2.66. The Morgan fingerprint density at radius 3 is 2.53 bits per heavy atom. The van der Waals surface area contributed by atoms with Crippen LogP contribution in [0, 0.1) is 0 Å². The summed E-state index contributed by atoms with van der Waals surface area (Å²) in [6, 6.07) is 10.3. The maximum atomic E-state index is 11.1. The molecular weight excluding hydrogens is 325 g/mol. The van der Waals surface area contributed by atoms with Crippen LogP contribution >= 0.6 is 22.6 Å². The lowest BCUT2D eigenvalue weighted by molar-refractivity contribution is -0.119. The highest BCUT2D eigenvalue weighted by molar-refractivity contribution is 14.1. The van der Waals surface area contributed by atoms with Crippen molar-refractivity contribution in [2.45, 2.75) is 23.3 Å². The number of carbonyl (C=O) groups is 1. The summed E-state index contributed by atoms with van der Waals surface area (Å²) in [5, 5.41) is 0. The van der Waals surface area contributed by atoms with E-state index in [1.165, 1.54) is 5.56 Å². The van der Waals surface area contributed by atoms with Gasteiger partial charge in [0.25, 0.3) is 0 Å². The highest BCUT2D eigenvalue weighted by Gasteiger charge is 2.22. The molecule has 1 amide bonds. The van der Waals surface area contributed by atoms with E-state index in [9.17, 15) is 4.79 Å². The second kappa shape index (κ2) is 7.48. The minimum absolute atomic E-state index is 0.0513. The Labute approximate surface area is 117 Å². The van der Waals surface area contributed by atoms with E-state index >= 15 is 0 Å². The Hall–Kier alpha value is -0.840. The van der Waals surface area contributed by atoms with Gasteiger partial charge < -0.3 is 4.90 Å². The summed E-state index contributed by atoms with van der Waals surface area (Å²) in [6.07, 6.45) is 3.74. The second-order valence-corrected chi connectivity index (χ2v) is 5.22. The molecule has 1 aromatic rings. The fraction of sp³-hybridized carbons (Fsp3) is 0.357. The van der Waals surface area contributed by atoms with Gasteiger partial charge in [0.1, 0.15) is 0 Å². The Kier molecular flexibility index (Phi) is 6.26. The van der Waals surface area contributed by atoms with Crippen molar-refractivity contribution in [2.24, 2.45) is 0 Å². The molecule has 2 unspecified atom stereocenters. The Morgan fingerprint density at radius 2 is 2.06 bits per heavy atom. The molecule has 0 aliphatic carbocycles. The lowest BCUT2D eigenvalue weighted by Crippen LogP contribution is -2.36. The first-order valence-corrected chi connectivity index (χ1v) is 7.01. The Bertz CT molecular complexity index is 352. The molecule has 0 aliphatic rings. The van der Waals surface area contributed by atoms with Gasteiger partial charge in [0.05, 0.1) is 9.97 Å². The fourth-order valence-corrected chi connectivity index (χ4v) is 2.91. The summed E-state index contributed by atoms with van der Waals surface area (Å²) in [5.41, 5.74) is 1.22. The monoisotopic (exact) mass is 343 g/mol. The molecule has 1 rings (SSSR count). The molecule has 0 N–H and O–H groups in total. The van der Waals surface area contributed by atoms with Gasteiger partial charge in [-0.1, -0.05) is 65.9 Å². The standard InChI is InChI=1S/C14H18INO/c1-3-10-16(11-17)13(4-2)14(15)12-8-6-5-7-9-12/h4-9,11,13-14H,2-3,10H2,1H3. The number of amides is 1. The lowest BCUT2D eigenvalue weighted by atomic mass is 10.0. The van der Waals surface area contributed by atoms with Gasteiger partial charge in [0.2, 0.25) is 6.41 Å². The van der Waals surface area contributed by atoms with Crippen molar-refractivity contribution in [3.63, 3.8) is 0 Å². The third-order valence-corrected chi connectivity index (χ3v) is 4.12.